The molecule has 2 rings (SSSR count). The van der Waals surface area contributed by atoms with Crippen LogP contribution in [0.4, 0.5) is 0 Å². The quantitative estimate of drug-likeness (QED) is 0.868. The van der Waals surface area contributed by atoms with Gasteiger partial charge in [-0.3, -0.25) is 0 Å². The van der Waals surface area contributed by atoms with Gasteiger partial charge in [-0.15, -0.1) is 0 Å². The van der Waals surface area contributed by atoms with E-state index in [9.17, 15) is 0 Å². The molecule has 0 unspecified atom stereocenters. The third-order valence-corrected chi connectivity index (χ3v) is 3.43. The van der Waals surface area contributed by atoms with Gasteiger partial charge in [0.25, 0.3) is 0 Å². The molecule has 1 fully saturated rings. The fourth-order valence-electron chi connectivity index (χ4n) is 2.53. The first-order chi connectivity index (χ1) is 8.30. The van der Waals surface area contributed by atoms with E-state index in [-0.39, 0.29) is 5.60 Å². The number of hydrogen-bond donors (Lipinski definition) is 1. The first kappa shape index (κ1) is 12.5. The van der Waals surface area contributed by atoms with Gasteiger partial charge >= 0.3 is 0 Å². The van der Waals surface area contributed by atoms with Crippen molar-refractivity contribution in [3.8, 4) is 0 Å². The SMILES string of the molecule is CCOC1(c2ncc(CN)cn2)CCCCC1. The van der Waals surface area contributed by atoms with Crippen LogP contribution in [0.15, 0.2) is 12.4 Å². The Morgan fingerprint density at radius 1 is 1.24 bits per heavy atom. The maximum atomic E-state index is 5.97. The molecule has 0 aromatic carbocycles. The molecule has 1 aromatic rings. The van der Waals surface area contributed by atoms with Gasteiger partial charge in [0.05, 0.1) is 0 Å². The molecule has 0 amide bonds. The second-order valence-electron chi connectivity index (χ2n) is 4.61. The lowest BCUT2D eigenvalue weighted by Gasteiger charge is -2.35. The van der Waals surface area contributed by atoms with Crippen molar-refractivity contribution in [1.82, 2.24) is 9.97 Å². The summed E-state index contributed by atoms with van der Waals surface area (Å²) >= 11 is 0. The molecule has 1 aliphatic rings. The smallest absolute Gasteiger partial charge is 0.160 e. The highest BCUT2D eigenvalue weighted by atomic mass is 16.5. The number of ether oxygens (including phenoxy) is 1. The number of aromatic nitrogens is 2. The zero-order valence-corrected chi connectivity index (χ0v) is 10.5. The van der Waals surface area contributed by atoms with Crippen molar-refractivity contribution >= 4 is 0 Å². The summed E-state index contributed by atoms with van der Waals surface area (Å²) in [5, 5.41) is 0. The highest BCUT2D eigenvalue weighted by molar-refractivity contribution is 5.10. The van der Waals surface area contributed by atoms with Crippen LogP contribution in [0, 0.1) is 0 Å². The number of nitrogens with zero attached hydrogens (tertiary/aromatic N) is 2. The highest BCUT2D eigenvalue weighted by Crippen LogP contribution is 2.38. The van der Waals surface area contributed by atoms with Crippen molar-refractivity contribution in [1.29, 1.82) is 0 Å². The van der Waals surface area contributed by atoms with Crippen molar-refractivity contribution in [2.45, 2.75) is 51.2 Å². The predicted molar refractivity (Wildman–Crippen MR) is 66.3 cm³/mol. The lowest BCUT2D eigenvalue weighted by molar-refractivity contribution is -0.0767. The van der Waals surface area contributed by atoms with Gasteiger partial charge in [-0.1, -0.05) is 19.3 Å². The van der Waals surface area contributed by atoms with Crippen molar-refractivity contribution in [3.05, 3.63) is 23.8 Å². The van der Waals surface area contributed by atoms with Crippen LogP contribution in [0.1, 0.15) is 50.4 Å². The molecule has 1 aliphatic carbocycles. The second-order valence-corrected chi connectivity index (χ2v) is 4.61. The second kappa shape index (κ2) is 5.56. The normalized spacial score (nSPS) is 19.2. The summed E-state index contributed by atoms with van der Waals surface area (Å²) in [6.45, 7) is 3.23. The van der Waals surface area contributed by atoms with Crippen LogP contribution >= 0.6 is 0 Å². The minimum Gasteiger partial charge on any atom is -0.367 e. The summed E-state index contributed by atoms with van der Waals surface area (Å²) in [5.74, 6) is 0.830. The predicted octanol–water partition coefficient (Wildman–Crippen LogP) is 2.13. The van der Waals surface area contributed by atoms with E-state index in [0.717, 1.165) is 24.2 Å². The Balaban J connectivity index is 2.24. The van der Waals surface area contributed by atoms with Gasteiger partial charge in [0.15, 0.2) is 5.82 Å². The molecule has 4 nitrogen and oxygen atoms in total. The van der Waals surface area contributed by atoms with Crippen molar-refractivity contribution in [2.24, 2.45) is 5.73 Å². The van der Waals surface area contributed by atoms with Crippen LogP contribution in [0.3, 0.4) is 0 Å². The van der Waals surface area contributed by atoms with E-state index < -0.39 is 0 Å². The first-order valence-electron chi connectivity index (χ1n) is 6.46. The molecule has 2 N–H and O–H groups in total. The van der Waals surface area contributed by atoms with Crippen LogP contribution in [0.5, 0.6) is 0 Å². The third kappa shape index (κ3) is 2.64. The molecule has 4 heteroatoms. The Hall–Kier alpha value is -1.00. The fourth-order valence-corrected chi connectivity index (χ4v) is 2.53. The summed E-state index contributed by atoms with van der Waals surface area (Å²) in [4.78, 5) is 8.90. The Labute approximate surface area is 103 Å². The van der Waals surface area contributed by atoms with E-state index >= 15 is 0 Å². The molecule has 17 heavy (non-hydrogen) atoms. The molecular formula is C13H21N3O. The number of nitrogens with two attached hydrogens (primary N) is 1. The topological polar surface area (TPSA) is 61.0 Å². The van der Waals surface area contributed by atoms with Crippen LogP contribution in [0.25, 0.3) is 0 Å². The van der Waals surface area contributed by atoms with Crippen LogP contribution < -0.4 is 5.73 Å². The Kier molecular flexibility index (Phi) is 4.07. The van der Waals surface area contributed by atoms with E-state index in [1.54, 1.807) is 0 Å². The fraction of sp³-hybridized carbons (Fsp3) is 0.692. The van der Waals surface area contributed by atoms with Gasteiger partial charge in [-0.25, -0.2) is 9.97 Å². The lowest BCUT2D eigenvalue weighted by atomic mass is 9.84. The minimum atomic E-state index is -0.250. The monoisotopic (exact) mass is 235 g/mol. The van der Waals surface area contributed by atoms with E-state index in [0.29, 0.717) is 13.2 Å². The average Bonchev–Trinajstić information content (AvgIpc) is 2.40. The van der Waals surface area contributed by atoms with Crippen LogP contribution in [0.2, 0.25) is 0 Å². The standard InChI is InChI=1S/C13H21N3O/c1-2-17-13(6-4-3-5-7-13)12-15-9-11(8-14)10-16-12/h9-10H,2-8,14H2,1H3. The molecule has 1 saturated carbocycles. The first-order valence-corrected chi connectivity index (χ1v) is 6.46. The highest BCUT2D eigenvalue weighted by Gasteiger charge is 2.37. The lowest BCUT2D eigenvalue weighted by Crippen LogP contribution is -2.34. The third-order valence-electron chi connectivity index (χ3n) is 3.43. The van der Waals surface area contributed by atoms with E-state index in [1.807, 2.05) is 19.3 Å². The van der Waals surface area contributed by atoms with Crippen LogP contribution in [-0.4, -0.2) is 16.6 Å². The maximum Gasteiger partial charge on any atom is 0.160 e. The molecule has 0 atom stereocenters. The summed E-state index contributed by atoms with van der Waals surface area (Å²) < 4.78 is 5.97. The molecular weight excluding hydrogens is 214 g/mol. The Morgan fingerprint density at radius 3 is 2.41 bits per heavy atom. The van der Waals surface area contributed by atoms with Crippen molar-refractivity contribution < 1.29 is 4.74 Å². The zero-order valence-electron chi connectivity index (χ0n) is 10.5. The maximum absolute atomic E-state index is 5.97. The van der Waals surface area contributed by atoms with E-state index in [1.165, 1.54) is 19.3 Å². The van der Waals surface area contributed by atoms with Gasteiger partial charge in [-0.05, 0) is 19.8 Å². The van der Waals surface area contributed by atoms with Gasteiger partial charge < -0.3 is 10.5 Å². The zero-order chi connectivity index (χ0) is 12.1. The Morgan fingerprint density at radius 2 is 1.88 bits per heavy atom. The summed E-state index contributed by atoms with van der Waals surface area (Å²) in [5.41, 5.74) is 6.28. The molecule has 94 valence electrons. The van der Waals surface area contributed by atoms with Gasteiger partial charge in [0, 0.05) is 31.1 Å². The molecule has 0 spiro atoms. The number of rotatable bonds is 4. The van der Waals surface area contributed by atoms with Crippen molar-refractivity contribution in [3.63, 3.8) is 0 Å². The average molecular weight is 235 g/mol. The van der Waals surface area contributed by atoms with Crippen molar-refractivity contribution in [2.75, 3.05) is 6.61 Å². The molecule has 1 heterocycles. The van der Waals surface area contributed by atoms with E-state index in [2.05, 4.69) is 9.97 Å². The largest absolute Gasteiger partial charge is 0.367 e. The number of hydrogen-bond acceptors (Lipinski definition) is 4. The molecule has 0 saturated heterocycles. The molecule has 1 aromatic heterocycles. The molecule has 0 radical (unpaired) electrons. The molecule has 0 aliphatic heterocycles. The summed E-state index contributed by atoms with van der Waals surface area (Å²) in [6, 6.07) is 0. The Bertz CT molecular complexity index is 339. The summed E-state index contributed by atoms with van der Waals surface area (Å²) in [6.07, 6.45) is 9.38. The van der Waals surface area contributed by atoms with Gasteiger partial charge in [0.1, 0.15) is 5.60 Å². The minimum absolute atomic E-state index is 0.250. The van der Waals surface area contributed by atoms with Crippen LogP contribution in [-0.2, 0) is 16.9 Å². The van der Waals surface area contributed by atoms with E-state index in [4.69, 9.17) is 10.5 Å². The molecule has 0 bridgehead atoms. The van der Waals surface area contributed by atoms with Gasteiger partial charge in [-0.2, -0.15) is 0 Å². The van der Waals surface area contributed by atoms with Gasteiger partial charge in [0.2, 0.25) is 0 Å². The summed E-state index contributed by atoms with van der Waals surface area (Å²) in [7, 11) is 0.